The Morgan fingerprint density at radius 3 is 2.84 bits per heavy atom. The van der Waals surface area contributed by atoms with Gasteiger partial charge in [0, 0.05) is 25.1 Å². The van der Waals surface area contributed by atoms with Crippen LogP contribution in [0.2, 0.25) is 0 Å². The van der Waals surface area contributed by atoms with Crippen molar-refractivity contribution in [1.82, 2.24) is 24.9 Å². The van der Waals surface area contributed by atoms with E-state index in [1.165, 1.54) is 12.4 Å². The van der Waals surface area contributed by atoms with Crippen molar-refractivity contribution >= 4 is 27.1 Å². The van der Waals surface area contributed by atoms with E-state index in [0.29, 0.717) is 11.4 Å². The standard InChI is InChI=1S/C15H16N6O3S/c1-11-9-18-14(10-17-11)15(22)16-5-7-25(23,24)20-12-3-6-21-13(8-12)2-4-19-21/h2-4,6,8-10,20H,5,7H2,1H3,(H,16,22). The van der Waals surface area contributed by atoms with Gasteiger partial charge in [-0.3, -0.25) is 14.5 Å². The molecule has 0 aliphatic heterocycles. The highest BCUT2D eigenvalue weighted by Gasteiger charge is 2.13. The highest BCUT2D eigenvalue weighted by Crippen LogP contribution is 2.12. The summed E-state index contributed by atoms with van der Waals surface area (Å²) >= 11 is 0. The number of fused-ring (bicyclic) bond motifs is 1. The van der Waals surface area contributed by atoms with Gasteiger partial charge >= 0.3 is 0 Å². The number of pyridine rings is 1. The molecule has 0 aliphatic rings. The lowest BCUT2D eigenvalue weighted by atomic mass is 10.4. The van der Waals surface area contributed by atoms with Gasteiger partial charge in [0.05, 0.1) is 28.8 Å². The van der Waals surface area contributed by atoms with Crippen LogP contribution in [0.4, 0.5) is 5.69 Å². The van der Waals surface area contributed by atoms with Crippen LogP contribution in [0.25, 0.3) is 5.52 Å². The van der Waals surface area contributed by atoms with E-state index in [-0.39, 0.29) is 18.0 Å². The second kappa shape index (κ2) is 6.85. The molecule has 1 amide bonds. The van der Waals surface area contributed by atoms with Crippen LogP contribution in [0, 0.1) is 6.92 Å². The highest BCUT2D eigenvalue weighted by molar-refractivity contribution is 7.92. The number of aryl methyl sites for hydroxylation is 1. The number of hydrogen-bond donors (Lipinski definition) is 2. The number of aromatic nitrogens is 4. The fourth-order valence-electron chi connectivity index (χ4n) is 2.12. The molecule has 0 spiro atoms. The third-order valence-corrected chi connectivity index (χ3v) is 4.63. The van der Waals surface area contributed by atoms with Crippen molar-refractivity contribution < 1.29 is 13.2 Å². The van der Waals surface area contributed by atoms with E-state index in [4.69, 9.17) is 0 Å². The van der Waals surface area contributed by atoms with Gasteiger partial charge in [0.1, 0.15) is 5.69 Å². The Balaban J connectivity index is 1.56. The zero-order chi connectivity index (χ0) is 17.9. The second-order valence-electron chi connectivity index (χ2n) is 5.34. The van der Waals surface area contributed by atoms with Crippen molar-refractivity contribution in [2.45, 2.75) is 6.92 Å². The molecule has 3 aromatic heterocycles. The highest BCUT2D eigenvalue weighted by atomic mass is 32.2. The summed E-state index contributed by atoms with van der Waals surface area (Å²) in [5.74, 6) is -0.731. The van der Waals surface area contributed by atoms with E-state index in [2.05, 4.69) is 25.1 Å². The maximum atomic E-state index is 12.1. The minimum absolute atomic E-state index is 0.0430. The Hall–Kier alpha value is -3.01. The van der Waals surface area contributed by atoms with Gasteiger partial charge in [0.2, 0.25) is 10.0 Å². The summed E-state index contributed by atoms with van der Waals surface area (Å²) in [6.45, 7) is 1.72. The van der Waals surface area contributed by atoms with Crippen LogP contribution in [0.15, 0.2) is 43.0 Å². The summed E-state index contributed by atoms with van der Waals surface area (Å²) in [4.78, 5) is 19.8. The first kappa shape index (κ1) is 16.8. The summed E-state index contributed by atoms with van der Waals surface area (Å²) in [5.41, 5.74) is 2.04. The van der Waals surface area contributed by atoms with Crippen molar-refractivity contribution in [3.05, 3.63) is 54.4 Å². The third kappa shape index (κ3) is 4.29. The summed E-state index contributed by atoms with van der Waals surface area (Å²) in [5, 5.41) is 6.55. The lowest BCUT2D eigenvalue weighted by molar-refractivity contribution is 0.0950. The van der Waals surface area contributed by atoms with Gasteiger partial charge in [0.25, 0.3) is 5.91 Å². The van der Waals surface area contributed by atoms with Crippen LogP contribution in [0.5, 0.6) is 0 Å². The fraction of sp³-hybridized carbons (Fsp3) is 0.200. The van der Waals surface area contributed by atoms with E-state index in [1.54, 1.807) is 42.0 Å². The number of nitrogens with one attached hydrogen (secondary N) is 2. The van der Waals surface area contributed by atoms with E-state index in [9.17, 15) is 13.2 Å². The van der Waals surface area contributed by atoms with E-state index >= 15 is 0 Å². The van der Waals surface area contributed by atoms with Crippen molar-refractivity contribution in [2.24, 2.45) is 0 Å². The smallest absolute Gasteiger partial charge is 0.271 e. The first-order chi connectivity index (χ1) is 11.9. The van der Waals surface area contributed by atoms with Crippen molar-refractivity contribution in [1.29, 1.82) is 0 Å². The quantitative estimate of drug-likeness (QED) is 0.665. The van der Waals surface area contributed by atoms with Gasteiger partial charge in [0.15, 0.2) is 0 Å². The molecule has 130 valence electrons. The fourth-order valence-corrected chi connectivity index (χ4v) is 3.07. The average molecular weight is 360 g/mol. The summed E-state index contributed by atoms with van der Waals surface area (Å²) in [7, 11) is -3.60. The largest absolute Gasteiger partial charge is 0.350 e. The van der Waals surface area contributed by atoms with Crippen LogP contribution in [-0.4, -0.2) is 46.2 Å². The predicted molar refractivity (Wildman–Crippen MR) is 91.7 cm³/mol. The van der Waals surface area contributed by atoms with Crippen molar-refractivity contribution in [3.8, 4) is 0 Å². The van der Waals surface area contributed by atoms with Gasteiger partial charge in [-0.25, -0.2) is 17.9 Å². The Morgan fingerprint density at radius 1 is 1.24 bits per heavy atom. The molecule has 0 unspecified atom stereocenters. The van der Waals surface area contributed by atoms with Crippen LogP contribution in [0.3, 0.4) is 0 Å². The lowest BCUT2D eigenvalue weighted by Crippen LogP contribution is -2.31. The number of hydrogen-bond acceptors (Lipinski definition) is 6. The van der Waals surface area contributed by atoms with Gasteiger partial charge in [-0.15, -0.1) is 0 Å². The molecule has 0 bridgehead atoms. The van der Waals surface area contributed by atoms with Crippen molar-refractivity contribution in [3.63, 3.8) is 0 Å². The number of carbonyl (C=O) groups excluding carboxylic acids is 1. The molecule has 0 aromatic carbocycles. The monoisotopic (exact) mass is 360 g/mol. The zero-order valence-corrected chi connectivity index (χ0v) is 14.2. The van der Waals surface area contributed by atoms with Gasteiger partial charge in [-0.2, -0.15) is 5.10 Å². The minimum Gasteiger partial charge on any atom is -0.350 e. The molecule has 0 fully saturated rings. The number of carbonyl (C=O) groups is 1. The minimum atomic E-state index is -3.60. The van der Waals surface area contributed by atoms with Gasteiger partial charge in [-0.1, -0.05) is 0 Å². The van der Waals surface area contributed by atoms with Crippen LogP contribution >= 0.6 is 0 Å². The Morgan fingerprint density at radius 2 is 2.08 bits per heavy atom. The Bertz CT molecular complexity index is 998. The molecule has 2 N–H and O–H groups in total. The Labute approximate surface area is 144 Å². The molecule has 0 atom stereocenters. The molecular weight excluding hydrogens is 344 g/mol. The first-order valence-corrected chi connectivity index (χ1v) is 9.09. The molecule has 0 radical (unpaired) electrons. The van der Waals surface area contributed by atoms with Crippen LogP contribution in [-0.2, 0) is 10.0 Å². The van der Waals surface area contributed by atoms with Crippen LogP contribution in [0.1, 0.15) is 16.2 Å². The van der Waals surface area contributed by atoms with Crippen molar-refractivity contribution in [2.75, 3.05) is 17.0 Å². The molecule has 3 rings (SSSR count). The summed E-state index contributed by atoms with van der Waals surface area (Å²) in [6.07, 6.45) is 6.10. The van der Waals surface area contributed by atoms with E-state index in [0.717, 1.165) is 5.52 Å². The maximum absolute atomic E-state index is 12.1. The first-order valence-electron chi connectivity index (χ1n) is 7.44. The molecule has 10 heteroatoms. The molecule has 0 aliphatic carbocycles. The summed E-state index contributed by atoms with van der Waals surface area (Å²) in [6, 6.07) is 5.05. The van der Waals surface area contributed by atoms with Gasteiger partial charge in [-0.05, 0) is 25.1 Å². The maximum Gasteiger partial charge on any atom is 0.271 e. The third-order valence-electron chi connectivity index (χ3n) is 3.34. The number of rotatable bonds is 6. The summed E-state index contributed by atoms with van der Waals surface area (Å²) < 4.78 is 28.3. The molecule has 3 aromatic rings. The zero-order valence-electron chi connectivity index (χ0n) is 13.4. The van der Waals surface area contributed by atoms with E-state index in [1.807, 2.05) is 0 Å². The number of amides is 1. The Kier molecular flexibility index (Phi) is 4.61. The lowest BCUT2D eigenvalue weighted by Gasteiger charge is -2.09. The molecule has 0 saturated carbocycles. The number of nitrogens with zero attached hydrogens (tertiary/aromatic N) is 4. The molecule has 25 heavy (non-hydrogen) atoms. The molecular formula is C15H16N6O3S. The molecule has 3 heterocycles. The van der Waals surface area contributed by atoms with Crippen LogP contribution < -0.4 is 10.0 Å². The molecule has 0 saturated heterocycles. The topological polar surface area (TPSA) is 118 Å². The second-order valence-corrected chi connectivity index (χ2v) is 7.18. The number of anilines is 1. The predicted octanol–water partition coefficient (Wildman–Crippen LogP) is 0.604. The SMILES string of the molecule is Cc1cnc(C(=O)NCCS(=O)(=O)Nc2ccn3nccc3c2)cn1. The normalized spacial score (nSPS) is 11.4. The van der Waals surface area contributed by atoms with Gasteiger partial charge < -0.3 is 5.32 Å². The molecule has 9 nitrogen and oxygen atoms in total. The van der Waals surface area contributed by atoms with E-state index < -0.39 is 15.9 Å². The number of sulfonamides is 1. The average Bonchev–Trinajstić information content (AvgIpc) is 3.02.